The molecule has 2 aliphatic rings. The predicted molar refractivity (Wildman–Crippen MR) is 98.5 cm³/mol. The number of carbonyl (C=O) groups excluding carboxylic acids is 1. The smallest absolute Gasteiger partial charge is 0.225 e. The third kappa shape index (κ3) is 4.42. The van der Waals surface area contributed by atoms with Crippen molar-refractivity contribution in [2.24, 2.45) is 5.92 Å². The van der Waals surface area contributed by atoms with Crippen LogP contribution in [0.25, 0.3) is 0 Å². The molecule has 0 spiro atoms. The fourth-order valence-electron chi connectivity index (χ4n) is 3.88. The molecular weight excluding hydrogens is 336 g/mol. The lowest BCUT2D eigenvalue weighted by molar-refractivity contribution is -0.135. The van der Waals surface area contributed by atoms with Crippen molar-refractivity contribution in [2.45, 2.75) is 44.8 Å². The molecule has 1 amide bonds. The van der Waals surface area contributed by atoms with Crippen LogP contribution in [0.5, 0.6) is 0 Å². The molecule has 1 aliphatic heterocycles. The van der Waals surface area contributed by atoms with Gasteiger partial charge in [0, 0.05) is 32.1 Å². The molecule has 0 atom stereocenters. The van der Waals surface area contributed by atoms with Crippen molar-refractivity contribution in [3.63, 3.8) is 0 Å². The Labute approximate surface area is 151 Å². The Morgan fingerprint density at radius 2 is 1.76 bits per heavy atom. The summed E-state index contributed by atoms with van der Waals surface area (Å²) in [6.07, 6.45) is 4.98. The number of rotatable bonds is 4. The summed E-state index contributed by atoms with van der Waals surface area (Å²) in [7, 11) is -3.36. The van der Waals surface area contributed by atoms with Gasteiger partial charge in [0.15, 0.2) is 0 Å². The molecule has 5 nitrogen and oxygen atoms in total. The van der Waals surface area contributed by atoms with Gasteiger partial charge in [0.05, 0.1) is 5.75 Å². The van der Waals surface area contributed by atoms with E-state index in [-0.39, 0.29) is 17.6 Å². The standard InChI is InChI=1S/C19H28N2O3S/c1-16-7-2-3-10-18(16)15-25(23,24)21-12-6-11-20(13-14-21)19(22)17-8-4-5-9-17/h2-3,7,10,17H,4-6,8-9,11-15H2,1H3. The van der Waals surface area contributed by atoms with E-state index in [4.69, 9.17) is 0 Å². The van der Waals surface area contributed by atoms with Crippen molar-refractivity contribution in [2.75, 3.05) is 26.2 Å². The quantitative estimate of drug-likeness (QED) is 0.825. The number of hydrogen-bond donors (Lipinski definition) is 0. The van der Waals surface area contributed by atoms with Gasteiger partial charge < -0.3 is 4.90 Å². The fraction of sp³-hybridized carbons (Fsp3) is 0.632. The lowest BCUT2D eigenvalue weighted by atomic mass is 10.1. The number of hydrogen-bond acceptors (Lipinski definition) is 3. The molecule has 1 heterocycles. The van der Waals surface area contributed by atoms with Gasteiger partial charge in [-0.2, -0.15) is 4.31 Å². The van der Waals surface area contributed by atoms with E-state index in [1.165, 1.54) is 0 Å². The Hall–Kier alpha value is -1.40. The molecule has 1 aliphatic carbocycles. The molecule has 1 aromatic carbocycles. The van der Waals surface area contributed by atoms with E-state index in [1.54, 1.807) is 4.31 Å². The Morgan fingerprint density at radius 3 is 2.48 bits per heavy atom. The van der Waals surface area contributed by atoms with E-state index >= 15 is 0 Å². The maximum Gasteiger partial charge on any atom is 0.225 e. The van der Waals surface area contributed by atoms with Gasteiger partial charge in [0.25, 0.3) is 0 Å². The zero-order chi connectivity index (χ0) is 17.9. The number of nitrogens with zero attached hydrogens (tertiary/aromatic N) is 2. The highest BCUT2D eigenvalue weighted by Gasteiger charge is 2.31. The summed E-state index contributed by atoms with van der Waals surface area (Å²) in [4.78, 5) is 14.5. The second-order valence-electron chi connectivity index (χ2n) is 7.24. The summed E-state index contributed by atoms with van der Waals surface area (Å²) < 4.78 is 27.2. The average molecular weight is 365 g/mol. The Balaban J connectivity index is 1.63. The molecule has 1 saturated carbocycles. The second kappa shape index (κ2) is 7.87. The largest absolute Gasteiger partial charge is 0.341 e. The van der Waals surface area contributed by atoms with Crippen molar-refractivity contribution in [1.29, 1.82) is 0 Å². The Kier molecular flexibility index (Phi) is 5.79. The third-order valence-corrected chi connectivity index (χ3v) is 7.29. The van der Waals surface area contributed by atoms with Crippen LogP contribution in [0.1, 0.15) is 43.2 Å². The number of benzene rings is 1. The highest BCUT2D eigenvalue weighted by molar-refractivity contribution is 7.88. The van der Waals surface area contributed by atoms with E-state index in [2.05, 4.69) is 0 Å². The van der Waals surface area contributed by atoms with Crippen LogP contribution in [0.3, 0.4) is 0 Å². The first-order valence-electron chi connectivity index (χ1n) is 9.28. The normalized spacial score (nSPS) is 20.6. The molecule has 138 valence electrons. The predicted octanol–water partition coefficient (Wildman–Crippen LogP) is 2.55. The van der Waals surface area contributed by atoms with Crippen molar-refractivity contribution in [1.82, 2.24) is 9.21 Å². The summed E-state index contributed by atoms with van der Waals surface area (Å²) in [5, 5.41) is 0. The molecule has 3 rings (SSSR count). The topological polar surface area (TPSA) is 57.7 Å². The van der Waals surface area contributed by atoms with Crippen LogP contribution < -0.4 is 0 Å². The summed E-state index contributed by atoms with van der Waals surface area (Å²) in [5.41, 5.74) is 1.85. The summed E-state index contributed by atoms with van der Waals surface area (Å²) in [6.45, 7) is 4.04. The summed E-state index contributed by atoms with van der Waals surface area (Å²) >= 11 is 0. The van der Waals surface area contributed by atoms with Crippen LogP contribution in [0.4, 0.5) is 0 Å². The number of sulfonamides is 1. The maximum absolute atomic E-state index is 12.8. The van der Waals surface area contributed by atoms with Crippen molar-refractivity contribution >= 4 is 15.9 Å². The second-order valence-corrected chi connectivity index (χ2v) is 9.21. The molecular formula is C19H28N2O3S. The number of carbonyl (C=O) groups is 1. The van der Waals surface area contributed by atoms with Crippen molar-refractivity contribution in [3.8, 4) is 0 Å². The molecule has 1 aromatic rings. The van der Waals surface area contributed by atoms with Gasteiger partial charge >= 0.3 is 0 Å². The van der Waals surface area contributed by atoms with Crippen molar-refractivity contribution in [3.05, 3.63) is 35.4 Å². The first kappa shape index (κ1) is 18.4. The highest BCUT2D eigenvalue weighted by Crippen LogP contribution is 2.27. The monoisotopic (exact) mass is 364 g/mol. The molecule has 2 fully saturated rings. The van der Waals surface area contributed by atoms with Gasteiger partial charge in [-0.05, 0) is 37.3 Å². The minimum atomic E-state index is -3.36. The van der Waals surface area contributed by atoms with E-state index in [0.29, 0.717) is 32.6 Å². The lowest BCUT2D eigenvalue weighted by Crippen LogP contribution is -2.39. The molecule has 0 unspecified atom stereocenters. The molecule has 0 N–H and O–H groups in total. The number of amides is 1. The molecule has 0 radical (unpaired) electrons. The van der Waals surface area contributed by atoms with Crippen LogP contribution in [0, 0.1) is 12.8 Å². The molecule has 25 heavy (non-hydrogen) atoms. The van der Waals surface area contributed by atoms with Gasteiger partial charge in [-0.15, -0.1) is 0 Å². The Bertz CT molecular complexity index is 711. The molecule has 0 aromatic heterocycles. The van der Waals surface area contributed by atoms with E-state index in [0.717, 1.165) is 36.8 Å². The van der Waals surface area contributed by atoms with Gasteiger partial charge in [-0.25, -0.2) is 8.42 Å². The van der Waals surface area contributed by atoms with E-state index < -0.39 is 10.0 Å². The van der Waals surface area contributed by atoms with Crippen LogP contribution in [0.15, 0.2) is 24.3 Å². The summed E-state index contributed by atoms with van der Waals surface area (Å²) in [5.74, 6) is 0.432. The highest BCUT2D eigenvalue weighted by atomic mass is 32.2. The van der Waals surface area contributed by atoms with Gasteiger partial charge in [0.2, 0.25) is 15.9 Å². The van der Waals surface area contributed by atoms with Crippen LogP contribution >= 0.6 is 0 Å². The Morgan fingerprint density at radius 1 is 1.04 bits per heavy atom. The van der Waals surface area contributed by atoms with E-state index in [1.807, 2.05) is 36.1 Å². The first-order chi connectivity index (χ1) is 12.0. The van der Waals surface area contributed by atoms with Crippen LogP contribution in [-0.2, 0) is 20.6 Å². The average Bonchev–Trinajstić information content (AvgIpc) is 3.00. The minimum Gasteiger partial charge on any atom is -0.341 e. The summed E-state index contributed by atoms with van der Waals surface area (Å²) in [6, 6.07) is 7.61. The minimum absolute atomic E-state index is 0.0379. The maximum atomic E-state index is 12.8. The van der Waals surface area contributed by atoms with Gasteiger partial charge in [-0.1, -0.05) is 37.1 Å². The molecule has 0 bridgehead atoms. The third-order valence-electron chi connectivity index (χ3n) is 5.46. The van der Waals surface area contributed by atoms with Crippen LogP contribution in [-0.4, -0.2) is 49.7 Å². The SMILES string of the molecule is Cc1ccccc1CS(=O)(=O)N1CCCN(C(=O)C2CCCC2)CC1. The lowest BCUT2D eigenvalue weighted by Gasteiger charge is -2.24. The zero-order valence-electron chi connectivity index (χ0n) is 15.0. The molecule has 6 heteroatoms. The van der Waals surface area contributed by atoms with E-state index in [9.17, 15) is 13.2 Å². The number of aryl methyl sites for hydroxylation is 1. The fourth-order valence-corrected chi connectivity index (χ4v) is 5.55. The molecule has 1 saturated heterocycles. The zero-order valence-corrected chi connectivity index (χ0v) is 15.8. The first-order valence-corrected chi connectivity index (χ1v) is 10.9. The van der Waals surface area contributed by atoms with Crippen LogP contribution in [0.2, 0.25) is 0 Å². The van der Waals surface area contributed by atoms with Gasteiger partial charge in [-0.3, -0.25) is 4.79 Å². The van der Waals surface area contributed by atoms with Gasteiger partial charge in [0.1, 0.15) is 0 Å². The van der Waals surface area contributed by atoms with Crippen molar-refractivity contribution < 1.29 is 13.2 Å².